The molecular formula is C7H7N2O3P. The topological polar surface area (TPSA) is 83.2 Å². The Morgan fingerprint density at radius 1 is 1.69 bits per heavy atom. The van der Waals surface area contributed by atoms with Gasteiger partial charge >= 0.3 is 7.60 Å². The van der Waals surface area contributed by atoms with E-state index in [2.05, 4.69) is 9.51 Å². The first-order valence-electron chi connectivity index (χ1n) is 3.37. The summed E-state index contributed by atoms with van der Waals surface area (Å²) in [5.74, 6) is 0.173. The van der Waals surface area contributed by atoms with Crippen molar-refractivity contribution in [1.82, 2.24) is 4.98 Å². The molecular weight excluding hydrogens is 191 g/mol. The maximum atomic E-state index is 10.8. The Labute approximate surface area is 75.1 Å². The Bertz CT molecular complexity index is 376. The van der Waals surface area contributed by atoms with Gasteiger partial charge < -0.3 is 9.42 Å². The Balaban J connectivity index is 2.83. The van der Waals surface area contributed by atoms with Crippen molar-refractivity contribution in [2.75, 3.05) is 6.66 Å². The second-order valence-corrected chi connectivity index (χ2v) is 4.17. The summed E-state index contributed by atoms with van der Waals surface area (Å²) in [6, 6.07) is 4.64. The molecule has 0 aromatic carbocycles. The zero-order valence-electron chi connectivity index (χ0n) is 6.84. The maximum absolute atomic E-state index is 10.8. The van der Waals surface area contributed by atoms with Crippen LogP contribution >= 0.6 is 7.60 Å². The summed E-state index contributed by atoms with van der Waals surface area (Å²) in [4.78, 5) is 12.5. The fourth-order valence-electron chi connectivity index (χ4n) is 0.696. The molecule has 0 saturated heterocycles. The molecule has 0 bridgehead atoms. The molecule has 13 heavy (non-hydrogen) atoms. The number of hydrogen-bond donors (Lipinski definition) is 1. The molecule has 1 N–H and O–H groups in total. The van der Waals surface area contributed by atoms with E-state index in [0.717, 1.165) is 6.66 Å². The zero-order valence-corrected chi connectivity index (χ0v) is 7.73. The minimum absolute atomic E-state index is 0.173. The lowest BCUT2D eigenvalue weighted by Gasteiger charge is -2.06. The van der Waals surface area contributed by atoms with Gasteiger partial charge in [0.1, 0.15) is 17.5 Å². The van der Waals surface area contributed by atoms with Crippen molar-refractivity contribution < 1.29 is 14.0 Å². The third kappa shape index (κ3) is 3.24. The molecule has 1 rings (SSSR count). The van der Waals surface area contributed by atoms with Gasteiger partial charge in [-0.2, -0.15) is 5.26 Å². The second kappa shape index (κ2) is 3.56. The number of nitrogens with zero attached hydrogens (tertiary/aromatic N) is 2. The quantitative estimate of drug-likeness (QED) is 0.720. The summed E-state index contributed by atoms with van der Waals surface area (Å²) in [7, 11) is -3.53. The van der Waals surface area contributed by atoms with Gasteiger partial charge in [-0.25, -0.2) is 9.55 Å². The number of nitriles is 1. The first-order chi connectivity index (χ1) is 6.01. The van der Waals surface area contributed by atoms with Crippen molar-refractivity contribution in [3.05, 3.63) is 24.0 Å². The van der Waals surface area contributed by atoms with E-state index in [9.17, 15) is 4.57 Å². The Morgan fingerprint density at radius 3 is 2.77 bits per heavy atom. The van der Waals surface area contributed by atoms with Gasteiger partial charge in [0.2, 0.25) is 0 Å². The summed E-state index contributed by atoms with van der Waals surface area (Å²) < 4.78 is 15.4. The molecule has 0 spiro atoms. The van der Waals surface area contributed by atoms with Gasteiger partial charge in [0.05, 0.1) is 6.20 Å². The van der Waals surface area contributed by atoms with Crippen LogP contribution in [-0.2, 0) is 4.57 Å². The molecule has 0 aliphatic heterocycles. The lowest BCUT2D eigenvalue weighted by molar-refractivity contribution is 0.387. The third-order valence-electron chi connectivity index (χ3n) is 1.13. The van der Waals surface area contributed by atoms with Crippen LogP contribution in [0.3, 0.4) is 0 Å². The minimum atomic E-state index is -3.53. The average molecular weight is 198 g/mol. The summed E-state index contributed by atoms with van der Waals surface area (Å²) in [6.45, 7) is 1.07. The number of aromatic nitrogens is 1. The molecule has 5 nitrogen and oxygen atoms in total. The summed E-state index contributed by atoms with van der Waals surface area (Å²) in [5.41, 5.74) is 0.233. The van der Waals surface area contributed by atoms with Gasteiger partial charge in [0.25, 0.3) is 0 Å². The molecule has 6 heteroatoms. The highest BCUT2D eigenvalue weighted by atomic mass is 31.2. The first kappa shape index (κ1) is 9.72. The summed E-state index contributed by atoms with van der Waals surface area (Å²) >= 11 is 0. The van der Waals surface area contributed by atoms with Crippen molar-refractivity contribution in [3.8, 4) is 11.8 Å². The molecule has 68 valence electrons. The fraction of sp³-hybridized carbons (Fsp3) is 0.143. The summed E-state index contributed by atoms with van der Waals surface area (Å²) in [5, 5.41) is 8.40. The smallest absolute Gasteiger partial charge is 0.373 e. The highest BCUT2D eigenvalue weighted by Crippen LogP contribution is 2.37. The van der Waals surface area contributed by atoms with E-state index in [-0.39, 0.29) is 11.4 Å². The fourth-order valence-corrected chi connectivity index (χ4v) is 1.20. The van der Waals surface area contributed by atoms with E-state index < -0.39 is 7.60 Å². The van der Waals surface area contributed by atoms with Crippen LogP contribution in [0.15, 0.2) is 18.3 Å². The third-order valence-corrected chi connectivity index (χ3v) is 1.68. The minimum Gasteiger partial charge on any atom is -0.423 e. The molecule has 0 fully saturated rings. The molecule has 0 saturated carbocycles. The second-order valence-electron chi connectivity index (χ2n) is 2.39. The largest absolute Gasteiger partial charge is 0.423 e. The van der Waals surface area contributed by atoms with Crippen molar-refractivity contribution in [2.45, 2.75) is 0 Å². The van der Waals surface area contributed by atoms with Crippen LogP contribution in [-0.4, -0.2) is 16.5 Å². The van der Waals surface area contributed by atoms with Crippen LogP contribution in [0, 0.1) is 11.3 Å². The molecule has 0 radical (unpaired) electrons. The Hall–Kier alpha value is -1.37. The Morgan fingerprint density at radius 2 is 2.38 bits per heavy atom. The van der Waals surface area contributed by atoms with Crippen molar-refractivity contribution >= 4 is 7.60 Å². The van der Waals surface area contributed by atoms with Gasteiger partial charge in [-0.3, -0.25) is 0 Å². The predicted octanol–water partition coefficient (Wildman–Crippen LogP) is 1.15. The van der Waals surface area contributed by atoms with Gasteiger partial charge in [0.15, 0.2) is 0 Å². The number of rotatable bonds is 2. The van der Waals surface area contributed by atoms with E-state index in [0.29, 0.717) is 0 Å². The SMILES string of the molecule is CP(=O)(O)Oc1ccc(C#N)nc1. The van der Waals surface area contributed by atoms with Gasteiger partial charge in [-0.15, -0.1) is 0 Å². The van der Waals surface area contributed by atoms with Crippen molar-refractivity contribution in [3.63, 3.8) is 0 Å². The van der Waals surface area contributed by atoms with E-state index in [4.69, 9.17) is 10.2 Å². The molecule has 0 aliphatic rings. The van der Waals surface area contributed by atoms with Crippen LogP contribution in [0.4, 0.5) is 0 Å². The van der Waals surface area contributed by atoms with Crippen molar-refractivity contribution in [1.29, 1.82) is 5.26 Å². The molecule has 0 aliphatic carbocycles. The standard InChI is InChI=1S/C7H7N2O3P/c1-13(10,11)12-7-3-2-6(4-8)9-5-7/h2-3,5H,1H3,(H,10,11). The van der Waals surface area contributed by atoms with Crippen LogP contribution in [0.5, 0.6) is 5.75 Å². The molecule has 1 heterocycles. The molecule has 1 aromatic heterocycles. The Kier molecular flexibility index (Phi) is 2.66. The number of pyridine rings is 1. The molecule has 1 unspecified atom stereocenters. The lowest BCUT2D eigenvalue weighted by Crippen LogP contribution is -1.90. The van der Waals surface area contributed by atoms with E-state index in [1.54, 1.807) is 0 Å². The van der Waals surface area contributed by atoms with Gasteiger partial charge in [-0.05, 0) is 12.1 Å². The number of hydrogen-bond acceptors (Lipinski definition) is 4. The van der Waals surface area contributed by atoms with Gasteiger partial charge in [-0.1, -0.05) is 0 Å². The first-order valence-corrected chi connectivity index (χ1v) is 5.40. The molecule has 0 amide bonds. The lowest BCUT2D eigenvalue weighted by atomic mass is 10.4. The maximum Gasteiger partial charge on any atom is 0.373 e. The zero-order chi connectivity index (χ0) is 9.90. The summed E-state index contributed by atoms with van der Waals surface area (Å²) in [6.07, 6.45) is 1.23. The monoisotopic (exact) mass is 198 g/mol. The predicted molar refractivity (Wildman–Crippen MR) is 45.3 cm³/mol. The molecule has 1 aromatic rings. The van der Waals surface area contributed by atoms with Crippen LogP contribution in [0.1, 0.15) is 5.69 Å². The van der Waals surface area contributed by atoms with E-state index in [1.807, 2.05) is 6.07 Å². The van der Waals surface area contributed by atoms with Crippen LogP contribution in [0.25, 0.3) is 0 Å². The van der Waals surface area contributed by atoms with Crippen molar-refractivity contribution in [2.24, 2.45) is 0 Å². The normalized spacial score (nSPS) is 14.2. The highest BCUT2D eigenvalue weighted by molar-refractivity contribution is 7.52. The van der Waals surface area contributed by atoms with Gasteiger partial charge in [0, 0.05) is 6.66 Å². The van der Waals surface area contributed by atoms with E-state index >= 15 is 0 Å². The average Bonchev–Trinajstić information content (AvgIpc) is 2.03. The van der Waals surface area contributed by atoms with E-state index in [1.165, 1.54) is 18.3 Å². The highest BCUT2D eigenvalue weighted by Gasteiger charge is 2.11. The van der Waals surface area contributed by atoms with Crippen LogP contribution < -0.4 is 4.52 Å². The van der Waals surface area contributed by atoms with Crippen LogP contribution in [0.2, 0.25) is 0 Å². The molecule has 1 atom stereocenters.